The standard InChI is InChI=1S/C18H19NO4/c1-12-8-13(2)10-14(9-12)21-7-6-19-18(20)15-4-3-5-16-17(15)23-11-22-16/h3-5,8-10H,6-7,11H2,1-2H3,(H,19,20). The van der Waals surface area contributed by atoms with E-state index in [2.05, 4.69) is 11.4 Å². The predicted octanol–water partition coefficient (Wildman–Crippen LogP) is 2.84. The smallest absolute Gasteiger partial charge is 0.255 e. The number of amides is 1. The Morgan fingerprint density at radius 1 is 1.17 bits per heavy atom. The lowest BCUT2D eigenvalue weighted by Crippen LogP contribution is -2.28. The van der Waals surface area contributed by atoms with Crippen LogP contribution >= 0.6 is 0 Å². The zero-order chi connectivity index (χ0) is 16.2. The summed E-state index contributed by atoms with van der Waals surface area (Å²) in [5, 5.41) is 2.83. The first kappa shape index (κ1) is 15.2. The average Bonchev–Trinajstić information content (AvgIpc) is 2.99. The Hall–Kier alpha value is -2.69. The second kappa shape index (κ2) is 6.60. The SMILES string of the molecule is Cc1cc(C)cc(OCCNC(=O)c2cccc3c2OCO3)c1. The van der Waals surface area contributed by atoms with E-state index in [1.807, 2.05) is 26.0 Å². The lowest BCUT2D eigenvalue weighted by Gasteiger charge is -2.10. The van der Waals surface area contributed by atoms with Gasteiger partial charge >= 0.3 is 0 Å². The molecule has 1 heterocycles. The van der Waals surface area contributed by atoms with Crippen LogP contribution in [0.25, 0.3) is 0 Å². The molecule has 2 aromatic rings. The largest absolute Gasteiger partial charge is 0.492 e. The number of hydrogen-bond acceptors (Lipinski definition) is 4. The van der Waals surface area contributed by atoms with Gasteiger partial charge in [-0.3, -0.25) is 4.79 Å². The number of carbonyl (C=O) groups is 1. The Balaban J connectivity index is 1.53. The molecule has 2 aromatic carbocycles. The van der Waals surface area contributed by atoms with Gasteiger partial charge in [0, 0.05) is 0 Å². The van der Waals surface area contributed by atoms with Crippen LogP contribution in [-0.2, 0) is 0 Å². The molecule has 0 fully saturated rings. The monoisotopic (exact) mass is 313 g/mol. The highest BCUT2D eigenvalue weighted by Gasteiger charge is 2.21. The summed E-state index contributed by atoms with van der Waals surface area (Å²) < 4.78 is 16.3. The lowest BCUT2D eigenvalue weighted by atomic mass is 10.1. The van der Waals surface area contributed by atoms with Crippen LogP contribution in [0.1, 0.15) is 21.5 Å². The van der Waals surface area contributed by atoms with Crippen molar-refractivity contribution in [3.05, 3.63) is 53.1 Å². The number of carbonyl (C=O) groups excluding carboxylic acids is 1. The van der Waals surface area contributed by atoms with Crippen LogP contribution in [0.2, 0.25) is 0 Å². The van der Waals surface area contributed by atoms with Crippen LogP contribution in [0.3, 0.4) is 0 Å². The summed E-state index contributed by atoms with van der Waals surface area (Å²) in [6, 6.07) is 11.3. The highest BCUT2D eigenvalue weighted by atomic mass is 16.7. The molecule has 0 aromatic heterocycles. The Kier molecular flexibility index (Phi) is 4.37. The maximum Gasteiger partial charge on any atom is 0.255 e. The first-order valence-corrected chi connectivity index (χ1v) is 7.51. The van der Waals surface area contributed by atoms with Gasteiger partial charge in [-0.15, -0.1) is 0 Å². The van der Waals surface area contributed by atoms with E-state index >= 15 is 0 Å². The minimum Gasteiger partial charge on any atom is -0.492 e. The molecule has 0 radical (unpaired) electrons. The number of fused-ring (bicyclic) bond motifs is 1. The van der Waals surface area contributed by atoms with Gasteiger partial charge in [-0.2, -0.15) is 0 Å². The fourth-order valence-electron chi connectivity index (χ4n) is 2.55. The van der Waals surface area contributed by atoms with Gasteiger partial charge in [-0.1, -0.05) is 12.1 Å². The van der Waals surface area contributed by atoms with Crippen LogP contribution < -0.4 is 19.5 Å². The molecule has 0 spiro atoms. The van der Waals surface area contributed by atoms with Crippen molar-refractivity contribution in [2.45, 2.75) is 13.8 Å². The Morgan fingerprint density at radius 2 is 1.96 bits per heavy atom. The average molecular weight is 313 g/mol. The molecular formula is C18H19NO4. The molecule has 0 bridgehead atoms. The molecule has 0 atom stereocenters. The van der Waals surface area contributed by atoms with Crippen molar-refractivity contribution in [2.24, 2.45) is 0 Å². The van der Waals surface area contributed by atoms with Crippen LogP contribution in [0, 0.1) is 13.8 Å². The quantitative estimate of drug-likeness (QED) is 0.862. The first-order valence-electron chi connectivity index (χ1n) is 7.51. The first-order chi connectivity index (χ1) is 11.1. The second-order valence-corrected chi connectivity index (χ2v) is 5.47. The summed E-state index contributed by atoms with van der Waals surface area (Å²) in [6.07, 6.45) is 0. The predicted molar refractivity (Wildman–Crippen MR) is 86.3 cm³/mol. The maximum atomic E-state index is 12.2. The molecule has 0 unspecified atom stereocenters. The van der Waals surface area contributed by atoms with E-state index in [0.717, 1.165) is 16.9 Å². The molecule has 5 heteroatoms. The fraction of sp³-hybridized carbons (Fsp3) is 0.278. The highest BCUT2D eigenvalue weighted by molar-refractivity contribution is 5.97. The summed E-state index contributed by atoms with van der Waals surface area (Å²) in [4.78, 5) is 12.2. The van der Waals surface area contributed by atoms with Crippen LogP contribution in [0.5, 0.6) is 17.2 Å². The van der Waals surface area contributed by atoms with Gasteiger partial charge in [0.2, 0.25) is 6.79 Å². The van der Waals surface area contributed by atoms with Gasteiger partial charge in [0.25, 0.3) is 5.91 Å². The Bertz CT molecular complexity index is 707. The third-order valence-electron chi connectivity index (χ3n) is 3.49. The fourth-order valence-corrected chi connectivity index (χ4v) is 2.55. The molecule has 0 aliphatic carbocycles. The van der Waals surface area contributed by atoms with E-state index in [1.54, 1.807) is 18.2 Å². The highest BCUT2D eigenvalue weighted by Crippen LogP contribution is 2.35. The second-order valence-electron chi connectivity index (χ2n) is 5.47. The van der Waals surface area contributed by atoms with Crippen LogP contribution in [0.4, 0.5) is 0 Å². The number of rotatable bonds is 5. The molecule has 1 N–H and O–H groups in total. The molecule has 1 aliphatic rings. The molecule has 0 saturated carbocycles. The topological polar surface area (TPSA) is 56.8 Å². The van der Waals surface area contributed by atoms with Gasteiger partial charge in [0.05, 0.1) is 12.1 Å². The van der Waals surface area contributed by atoms with Crippen molar-refractivity contribution in [3.8, 4) is 17.2 Å². The molecule has 1 aliphatic heterocycles. The summed E-state index contributed by atoms with van der Waals surface area (Å²) in [5.41, 5.74) is 2.79. The van der Waals surface area contributed by atoms with Crippen molar-refractivity contribution < 1.29 is 19.0 Å². The zero-order valence-corrected chi connectivity index (χ0v) is 13.2. The van der Waals surface area contributed by atoms with Gasteiger partial charge in [0.1, 0.15) is 12.4 Å². The third-order valence-corrected chi connectivity index (χ3v) is 3.49. The van der Waals surface area contributed by atoms with E-state index in [1.165, 1.54) is 0 Å². The van der Waals surface area contributed by atoms with Crippen molar-refractivity contribution in [1.82, 2.24) is 5.32 Å². The Morgan fingerprint density at radius 3 is 2.74 bits per heavy atom. The number of hydrogen-bond donors (Lipinski definition) is 1. The molecule has 5 nitrogen and oxygen atoms in total. The molecular weight excluding hydrogens is 294 g/mol. The van der Waals surface area contributed by atoms with Gasteiger partial charge in [-0.25, -0.2) is 0 Å². The van der Waals surface area contributed by atoms with Crippen LogP contribution in [0.15, 0.2) is 36.4 Å². The summed E-state index contributed by atoms with van der Waals surface area (Å²) in [6.45, 7) is 5.02. The summed E-state index contributed by atoms with van der Waals surface area (Å²) in [7, 11) is 0. The van der Waals surface area contributed by atoms with Crippen LogP contribution in [-0.4, -0.2) is 25.9 Å². The number of aryl methyl sites for hydroxylation is 2. The molecule has 1 amide bonds. The molecule has 120 valence electrons. The van der Waals surface area contributed by atoms with Crippen molar-refractivity contribution in [3.63, 3.8) is 0 Å². The van der Waals surface area contributed by atoms with Gasteiger partial charge < -0.3 is 19.5 Å². The van der Waals surface area contributed by atoms with Gasteiger partial charge in [0.15, 0.2) is 11.5 Å². The summed E-state index contributed by atoms with van der Waals surface area (Å²) >= 11 is 0. The number of ether oxygens (including phenoxy) is 3. The Labute approximate surface area is 135 Å². The third kappa shape index (κ3) is 3.56. The maximum absolute atomic E-state index is 12.2. The van der Waals surface area contributed by atoms with E-state index in [-0.39, 0.29) is 12.7 Å². The summed E-state index contributed by atoms with van der Waals surface area (Å²) in [5.74, 6) is 1.72. The van der Waals surface area contributed by atoms with Crippen molar-refractivity contribution in [2.75, 3.05) is 19.9 Å². The molecule has 0 saturated heterocycles. The minimum atomic E-state index is -0.198. The van der Waals surface area contributed by atoms with Crippen molar-refractivity contribution in [1.29, 1.82) is 0 Å². The number of nitrogens with one attached hydrogen (secondary N) is 1. The lowest BCUT2D eigenvalue weighted by molar-refractivity contribution is 0.0942. The van der Waals surface area contributed by atoms with Crippen molar-refractivity contribution >= 4 is 5.91 Å². The molecule has 23 heavy (non-hydrogen) atoms. The van der Waals surface area contributed by atoms with Gasteiger partial charge in [-0.05, 0) is 49.2 Å². The van der Waals surface area contributed by atoms with E-state index < -0.39 is 0 Å². The zero-order valence-electron chi connectivity index (χ0n) is 13.2. The van der Waals surface area contributed by atoms with E-state index in [4.69, 9.17) is 14.2 Å². The normalized spacial score (nSPS) is 12.1. The number of benzene rings is 2. The van der Waals surface area contributed by atoms with E-state index in [9.17, 15) is 4.79 Å². The molecule has 3 rings (SSSR count). The number of para-hydroxylation sites is 1. The minimum absolute atomic E-state index is 0.148. The van der Waals surface area contributed by atoms with E-state index in [0.29, 0.717) is 30.2 Å².